The van der Waals surface area contributed by atoms with Crippen LogP contribution in [0, 0.1) is 13.8 Å². The molecule has 0 radical (unpaired) electrons. The maximum absolute atomic E-state index is 13.1. The van der Waals surface area contributed by atoms with Gasteiger partial charge < -0.3 is 15.2 Å². The molecular formula is C28H34N4O6S. The Kier molecular flexibility index (Phi) is 10.1. The van der Waals surface area contributed by atoms with Gasteiger partial charge in [0.15, 0.2) is 0 Å². The topological polar surface area (TPSA) is 148 Å². The number of nitrogens with zero attached hydrogens (tertiary/aromatic N) is 2. The van der Waals surface area contributed by atoms with Gasteiger partial charge in [0.25, 0.3) is 10.0 Å². The highest BCUT2D eigenvalue weighted by Gasteiger charge is 2.20. The van der Waals surface area contributed by atoms with Crippen LogP contribution in [0.3, 0.4) is 0 Å². The first-order chi connectivity index (χ1) is 18.5. The molecule has 0 amide bonds. The minimum absolute atomic E-state index is 0.0930. The maximum Gasteiger partial charge on any atom is 0.335 e. The van der Waals surface area contributed by atoms with Gasteiger partial charge in [-0.2, -0.15) is 0 Å². The second-order valence-corrected chi connectivity index (χ2v) is 11.0. The molecule has 1 aromatic heterocycles. The van der Waals surface area contributed by atoms with Crippen molar-refractivity contribution >= 4 is 27.9 Å². The van der Waals surface area contributed by atoms with Crippen molar-refractivity contribution in [1.82, 2.24) is 15.3 Å². The van der Waals surface area contributed by atoms with Gasteiger partial charge in [-0.05, 0) is 82.0 Å². The quantitative estimate of drug-likeness (QED) is 0.210. The minimum Gasteiger partial charge on any atom is -0.478 e. The molecule has 39 heavy (non-hydrogen) atoms. The summed E-state index contributed by atoms with van der Waals surface area (Å²) in [5.41, 5.74) is 3.97. The number of hydrogen-bond donors (Lipinski definition) is 3. The number of nitrogens with one attached hydrogen (secondary N) is 2. The predicted octanol–water partition coefficient (Wildman–Crippen LogP) is 4.12. The number of aromatic carboxylic acids is 1. The number of carbonyl (C=O) groups is 2. The van der Waals surface area contributed by atoms with Crippen molar-refractivity contribution < 1.29 is 27.9 Å². The number of hydrogen-bond acceptors (Lipinski definition) is 8. The molecule has 0 fully saturated rings. The first-order valence-electron chi connectivity index (χ1n) is 12.6. The highest BCUT2D eigenvalue weighted by Crippen LogP contribution is 2.28. The highest BCUT2D eigenvalue weighted by molar-refractivity contribution is 7.92. The van der Waals surface area contributed by atoms with Crippen molar-refractivity contribution in [1.29, 1.82) is 0 Å². The number of aryl methyl sites for hydroxylation is 3. The van der Waals surface area contributed by atoms with Crippen LogP contribution in [-0.4, -0.2) is 55.1 Å². The molecule has 0 bridgehead atoms. The maximum atomic E-state index is 13.1. The zero-order valence-electron chi connectivity index (χ0n) is 22.5. The van der Waals surface area contributed by atoms with E-state index in [0.29, 0.717) is 43.6 Å². The smallest absolute Gasteiger partial charge is 0.335 e. The van der Waals surface area contributed by atoms with Crippen LogP contribution in [0.15, 0.2) is 53.4 Å². The Balaban J connectivity index is 1.86. The average Bonchev–Trinajstić information content (AvgIpc) is 2.89. The molecule has 0 spiro atoms. The number of carboxylic acids is 1. The zero-order valence-corrected chi connectivity index (χ0v) is 23.3. The third-order valence-electron chi connectivity index (χ3n) is 6.25. The summed E-state index contributed by atoms with van der Waals surface area (Å²) in [4.78, 5) is 31.4. The highest BCUT2D eigenvalue weighted by atomic mass is 32.2. The third-order valence-corrected chi connectivity index (χ3v) is 7.57. The van der Waals surface area contributed by atoms with E-state index in [1.807, 2.05) is 45.0 Å². The second kappa shape index (κ2) is 13.3. The summed E-state index contributed by atoms with van der Waals surface area (Å²) in [5.74, 6) is -1.56. The van der Waals surface area contributed by atoms with E-state index in [-0.39, 0.29) is 28.4 Å². The van der Waals surface area contributed by atoms with E-state index in [2.05, 4.69) is 24.7 Å². The third kappa shape index (κ3) is 8.33. The zero-order chi connectivity index (χ0) is 28.6. The van der Waals surface area contributed by atoms with Gasteiger partial charge in [0.2, 0.25) is 5.95 Å². The van der Waals surface area contributed by atoms with Crippen molar-refractivity contribution in [2.45, 2.75) is 57.4 Å². The van der Waals surface area contributed by atoms with Gasteiger partial charge in [-0.1, -0.05) is 24.3 Å². The predicted molar refractivity (Wildman–Crippen MR) is 148 cm³/mol. The van der Waals surface area contributed by atoms with Crippen LogP contribution in [0.25, 0.3) is 11.3 Å². The first kappa shape index (κ1) is 29.7. The van der Waals surface area contributed by atoms with Crippen LogP contribution in [-0.2, 0) is 26.0 Å². The second-order valence-electron chi connectivity index (χ2n) is 9.35. The number of anilines is 1. The largest absolute Gasteiger partial charge is 0.478 e. The van der Waals surface area contributed by atoms with E-state index in [1.165, 1.54) is 25.3 Å². The molecule has 0 aliphatic carbocycles. The fourth-order valence-electron chi connectivity index (χ4n) is 4.14. The normalized spacial score (nSPS) is 12.1. The summed E-state index contributed by atoms with van der Waals surface area (Å²) in [5, 5.41) is 12.6. The molecule has 208 valence electrons. The van der Waals surface area contributed by atoms with Gasteiger partial charge in [0, 0.05) is 23.7 Å². The van der Waals surface area contributed by atoms with Gasteiger partial charge in [-0.15, -0.1) is 0 Å². The number of ether oxygens (including phenoxy) is 1. The summed E-state index contributed by atoms with van der Waals surface area (Å²) in [7, 11) is -2.78. The standard InChI is InChI=1S/C28H34N4O6S/c1-18-8-5-9-19(2)26(18)24-17-22(14-13-20(3)29-15-7-12-25(33)38-4)30-28(31-24)32-39(36,37)23-11-6-10-21(16-23)27(34)35/h5-6,8-11,16-17,20,29H,7,12-15H2,1-4H3,(H,34,35)(H,30,31,32). The summed E-state index contributed by atoms with van der Waals surface area (Å²) in [6.45, 7) is 6.62. The van der Waals surface area contributed by atoms with E-state index >= 15 is 0 Å². The molecule has 0 saturated heterocycles. The van der Waals surface area contributed by atoms with Crippen molar-refractivity contribution in [3.8, 4) is 11.3 Å². The molecule has 10 nitrogen and oxygen atoms in total. The number of sulfonamides is 1. The molecule has 1 heterocycles. The monoisotopic (exact) mass is 554 g/mol. The van der Waals surface area contributed by atoms with Crippen molar-refractivity contribution in [3.05, 3.63) is 70.9 Å². The Hall–Kier alpha value is -3.83. The number of carboxylic acid groups (broad SMARTS) is 1. The first-order valence-corrected chi connectivity index (χ1v) is 14.1. The molecule has 3 rings (SSSR count). The van der Waals surface area contributed by atoms with E-state index in [1.54, 1.807) is 0 Å². The lowest BCUT2D eigenvalue weighted by molar-refractivity contribution is -0.140. The van der Waals surface area contributed by atoms with E-state index in [9.17, 15) is 23.1 Å². The lowest BCUT2D eigenvalue weighted by Crippen LogP contribution is -2.28. The Morgan fingerprint density at radius 3 is 2.41 bits per heavy atom. The molecule has 2 aromatic carbocycles. The van der Waals surface area contributed by atoms with E-state index in [4.69, 9.17) is 0 Å². The molecule has 1 unspecified atom stereocenters. The Morgan fingerprint density at radius 2 is 1.74 bits per heavy atom. The van der Waals surface area contributed by atoms with Crippen molar-refractivity contribution in [2.75, 3.05) is 18.4 Å². The van der Waals surface area contributed by atoms with E-state index in [0.717, 1.165) is 22.8 Å². The van der Waals surface area contributed by atoms with Crippen LogP contribution in [0.1, 0.15) is 53.4 Å². The molecule has 3 N–H and O–H groups in total. The van der Waals surface area contributed by atoms with Crippen LogP contribution in [0.4, 0.5) is 5.95 Å². The molecule has 3 aromatic rings. The average molecular weight is 555 g/mol. The lowest BCUT2D eigenvalue weighted by atomic mass is 9.99. The van der Waals surface area contributed by atoms with Gasteiger partial charge in [-0.25, -0.2) is 27.9 Å². The minimum atomic E-state index is -4.15. The summed E-state index contributed by atoms with van der Waals surface area (Å²) in [6.07, 6.45) is 2.28. The van der Waals surface area contributed by atoms with Gasteiger partial charge in [-0.3, -0.25) is 4.79 Å². The number of benzene rings is 2. The van der Waals surface area contributed by atoms with E-state index < -0.39 is 16.0 Å². The summed E-state index contributed by atoms with van der Waals surface area (Å²) in [6, 6.07) is 13.0. The number of aromatic nitrogens is 2. The number of methoxy groups -OCH3 is 1. The fourth-order valence-corrected chi connectivity index (χ4v) is 5.13. The number of rotatable bonds is 13. The van der Waals surface area contributed by atoms with Crippen LogP contribution < -0.4 is 10.0 Å². The molecule has 0 aliphatic heterocycles. The number of carbonyl (C=O) groups excluding carboxylic acids is 1. The van der Waals surface area contributed by atoms with Crippen LogP contribution in [0.5, 0.6) is 0 Å². The Bertz CT molecular complexity index is 1420. The Labute approximate surface area is 228 Å². The van der Waals surface area contributed by atoms with Crippen molar-refractivity contribution in [3.63, 3.8) is 0 Å². The van der Waals surface area contributed by atoms with Gasteiger partial charge in [0.1, 0.15) is 0 Å². The van der Waals surface area contributed by atoms with Crippen LogP contribution in [0.2, 0.25) is 0 Å². The van der Waals surface area contributed by atoms with Crippen molar-refractivity contribution in [2.24, 2.45) is 0 Å². The molecule has 1 atom stereocenters. The molecule has 0 aliphatic rings. The summed E-state index contributed by atoms with van der Waals surface area (Å²) >= 11 is 0. The summed E-state index contributed by atoms with van der Waals surface area (Å²) < 4.78 is 33.3. The van der Waals surface area contributed by atoms with Gasteiger partial charge in [0.05, 0.1) is 23.3 Å². The van der Waals surface area contributed by atoms with Crippen LogP contribution >= 0.6 is 0 Å². The Morgan fingerprint density at radius 1 is 1.05 bits per heavy atom. The number of esters is 1. The SMILES string of the molecule is COC(=O)CCCNC(C)CCc1cc(-c2c(C)cccc2C)nc(NS(=O)(=O)c2cccc(C(=O)O)c2)n1. The lowest BCUT2D eigenvalue weighted by Gasteiger charge is -2.16. The molecule has 11 heteroatoms. The molecular weight excluding hydrogens is 520 g/mol. The fraction of sp³-hybridized carbons (Fsp3) is 0.357. The molecule has 0 saturated carbocycles. The van der Waals surface area contributed by atoms with Gasteiger partial charge >= 0.3 is 11.9 Å².